The van der Waals surface area contributed by atoms with Crippen LogP contribution in [0.4, 0.5) is 0 Å². The highest BCUT2D eigenvalue weighted by atomic mass is 16.7. The third-order valence-corrected chi connectivity index (χ3v) is 1.59. The van der Waals surface area contributed by atoms with Crippen molar-refractivity contribution in [2.75, 3.05) is 6.61 Å². The molecule has 0 saturated carbocycles. The Labute approximate surface area is 105 Å². The standard InChI is InChI=1S/C12H14O6/c1-4-9(13)16-8-7-12(17-10(14)5-2)18-11(15)6-3/h4-6,12H,1-3,7-8H2. The van der Waals surface area contributed by atoms with Crippen LogP contribution in [0, 0.1) is 0 Å². The second-order valence-electron chi connectivity index (χ2n) is 2.87. The van der Waals surface area contributed by atoms with E-state index in [0.717, 1.165) is 18.2 Å². The van der Waals surface area contributed by atoms with Gasteiger partial charge in [-0.1, -0.05) is 19.7 Å². The molecule has 0 N–H and O–H groups in total. The van der Waals surface area contributed by atoms with Gasteiger partial charge in [0.2, 0.25) is 0 Å². The summed E-state index contributed by atoms with van der Waals surface area (Å²) in [6.45, 7) is 9.52. The normalized spacial score (nSPS) is 9.17. The number of rotatable bonds is 8. The van der Waals surface area contributed by atoms with Crippen molar-refractivity contribution in [1.29, 1.82) is 0 Å². The molecule has 0 aliphatic carbocycles. The Bertz CT molecular complexity index is 336. The van der Waals surface area contributed by atoms with Crippen molar-refractivity contribution in [3.05, 3.63) is 38.0 Å². The Hall–Kier alpha value is -2.37. The molecule has 98 valence electrons. The van der Waals surface area contributed by atoms with E-state index in [1.807, 2.05) is 0 Å². The Morgan fingerprint density at radius 2 is 1.33 bits per heavy atom. The zero-order valence-corrected chi connectivity index (χ0v) is 9.79. The first-order chi connectivity index (χ1) is 8.53. The number of carbonyl (C=O) groups excluding carboxylic acids is 3. The van der Waals surface area contributed by atoms with Crippen LogP contribution in [0.15, 0.2) is 38.0 Å². The fourth-order valence-corrected chi connectivity index (χ4v) is 0.812. The number of carbonyl (C=O) groups is 3. The smallest absolute Gasteiger partial charge is 0.333 e. The van der Waals surface area contributed by atoms with Crippen LogP contribution < -0.4 is 0 Å². The van der Waals surface area contributed by atoms with Crippen LogP contribution in [0.5, 0.6) is 0 Å². The lowest BCUT2D eigenvalue weighted by Gasteiger charge is -2.16. The Morgan fingerprint density at radius 3 is 1.72 bits per heavy atom. The highest BCUT2D eigenvalue weighted by Gasteiger charge is 2.17. The lowest BCUT2D eigenvalue weighted by Crippen LogP contribution is -2.25. The minimum absolute atomic E-state index is 0.00125. The molecule has 6 nitrogen and oxygen atoms in total. The highest BCUT2D eigenvalue weighted by molar-refractivity contribution is 5.83. The molecule has 18 heavy (non-hydrogen) atoms. The van der Waals surface area contributed by atoms with E-state index < -0.39 is 24.2 Å². The molecule has 0 saturated heterocycles. The van der Waals surface area contributed by atoms with Crippen LogP contribution >= 0.6 is 0 Å². The quantitative estimate of drug-likeness (QED) is 0.363. The zero-order chi connectivity index (χ0) is 14.0. The summed E-state index contributed by atoms with van der Waals surface area (Å²) in [7, 11) is 0. The molecule has 0 amide bonds. The van der Waals surface area contributed by atoms with Gasteiger partial charge in [0.25, 0.3) is 6.29 Å². The summed E-state index contributed by atoms with van der Waals surface area (Å²) in [6.07, 6.45) is 1.66. The van der Waals surface area contributed by atoms with E-state index >= 15 is 0 Å². The van der Waals surface area contributed by atoms with Crippen molar-refractivity contribution in [3.8, 4) is 0 Å². The van der Waals surface area contributed by atoms with Crippen molar-refractivity contribution in [1.82, 2.24) is 0 Å². The molecule has 0 spiro atoms. The first kappa shape index (κ1) is 15.6. The molecule has 0 aromatic heterocycles. The summed E-state index contributed by atoms with van der Waals surface area (Å²) in [5.74, 6) is -2.14. The first-order valence-corrected chi connectivity index (χ1v) is 4.98. The van der Waals surface area contributed by atoms with E-state index in [1.165, 1.54) is 0 Å². The molecule has 0 bridgehead atoms. The number of ether oxygens (including phenoxy) is 3. The third-order valence-electron chi connectivity index (χ3n) is 1.59. The third kappa shape index (κ3) is 7.00. The number of hydrogen-bond acceptors (Lipinski definition) is 6. The van der Waals surface area contributed by atoms with Gasteiger partial charge in [-0.25, -0.2) is 14.4 Å². The van der Waals surface area contributed by atoms with Crippen LogP contribution in [0.1, 0.15) is 6.42 Å². The molecule has 0 aliphatic rings. The summed E-state index contributed by atoms with van der Waals surface area (Å²) in [4.78, 5) is 32.7. The van der Waals surface area contributed by atoms with Gasteiger partial charge >= 0.3 is 17.9 Å². The lowest BCUT2D eigenvalue weighted by molar-refractivity contribution is -0.183. The van der Waals surface area contributed by atoms with Gasteiger partial charge in [0.15, 0.2) is 0 Å². The SMILES string of the molecule is C=CC(=O)OCCC(OC(=O)C=C)OC(=O)C=C. The molecular formula is C12H14O6. The maximum atomic E-state index is 11.0. The van der Waals surface area contributed by atoms with Crippen molar-refractivity contribution >= 4 is 17.9 Å². The second kappa shape index (κ2) is 8.74. The van der Waals surface area contributed by atoms with E-state index in [1.54, 1.807) is 0 Å². The van der Waals surface area contributed by atoms with Gasteiger partial charge in [-0.05, 0) is 0 Å². The lowest BCUT2D eigenvalue weighted by atomic mass is 10.4. The van der Waals surface area contributed by atoms with Crippen LogP contribution in [-0.2, 0) is 28.6 Å². The van der Waals surface area contributed by atoms with E-state index in [9.17, 15) is 14.4 Å². The molecule has 0 aromatic rings. The first-order valence-electron chi connectivity index (χ1n) is 4.98. The van der Waals surface area contributed by atoms with Gasteiger partial charge in [0.1, 0.15) is 0 Å². The molecule has 0 heterocycles. The van der Waals surface area contributed by atoms with Crippen molar-refractivity contribution < 1.29 is 28.6 Å². The molecular weight excluding hydrogens is 240 g/mol. The maximum absolute atomic E-state index is 11.0. The molecule has 0 atom stereocenters. The minimum Gasteiger partial charge on any atom is -0.462 e. The van der Waals surface area contributed by atoms with Crippen molar-refractivity contribution in [3.63, 3.8) is 0 Å². The van der Waals surface area contributed by atoms with Crippen molar-refractivity contribution in [2.24, 2.45) is 0 Å². The van der Waals surface area contributed by atoms with Gasteiger partial charge < -0.3 is 14.2 Å². The molecule has 0 unspecified atom stereocenters. The zero-order valence-electron chi connectivity index (χ0n) is 9.79. The summed E-state index contributed by atoms with van der Waals surface area (Å²) in [5, 5.41) is 0. The van der Waals surface area contributed by atoms with Gasteiger partial charge in [-0.15, -0.1) is 0 Å². The van der Waals surface area contributed by atoms with Gasteiger partial charge in [0.05, 0.1) is 13.0 Å². The predicted octanol–water partition coefficient (Wildman–Crippen LogP) is 0.890. The number of hydrogen-bond donors (Lipinski definition) is 0. The average molecular weight is 254 g/mol. The monoisotopic (exact) mass is 254 g/mol. The van der Waals surface area contributed by atoms with Crippen molar-refractivity contribution in [2.45, 2.75) is 12.7 Å². The summed E-state index contributed by atoms with van der Waals surface area (Å²) < 4.78 is 14.1. The van der Waals surface area contributed by atoms with E-state index in [0.29, 0.717) is 0 Å². The predicted molar refractivity (Wildman–Crippen MR) is 62.1 cm³/mol. The van der Waals surface area contributed by atoms with Crippen LogP contribution in [-0.4, -0.2) is 30.8 Å². The van der Waals surface area contributed by atoms with E-state index in [2.05, 4.69) is 24.5 Å². The fourth-order valence-electron chi connectivity index (χ4n) is 0.812. The Morgan fingerprint density at radius 1 is 0.889 bits per heavy atom. The molecule has 0 rings (SSSR count). The van der Waals surface area contributed by atoms with Crippen LogP contribution in [0.3, 0.4) is 0 Å². The Balaban J connectivity index is 4.27. The highest BCUT2D eigenvalue weighted by Crippen LogP contribution is 2.04. The van der Waals surface area contributed by atoms with E-state index in [-0.39, 0.29) is 13.0 Å². The van der Waals surface area contributed by atoms with Gasteiger partial charge in [0, 0.05) is 18.2 Å². The van der Waals surface area contributed by atoms with Gasteiger partial charge in [-0.3, -0.25) is 0 Å². The molecule has 0 fully saturated rings. The van der Waals surface area contributed by atoms with Crippen LogP contribution in [0.2, 0.25) is 0 Å². The average Bonchev–Trinajstić information content (AvgIpc) is 2.37. The Kier molecular flexibility index (Phi) is 7.59. The molecule has 0 radical (unpaired) electrons. The molecule has 6 heteroatoms. The summed E-state index contributed by atoms with van der Waals surface area (Å²) in [6, 6.07) is 0. The largest absolute Gasteiger partial charge is 0.462 e. The van der Waals surface area contributed by atoms with Gasteiger partial charge in [-0.2, -0.15) is 0 Å². The topological polar surface area (TPSA) is 78.9 Å². The second-order valence-corrected chi connectivity index (χ2v) is 2.87. The summed E-state index contributed by atoms with van der Waals surface area (Å²) >= 11 is 0. The minimum atomic E-state index is -1.17. The number of esters is 3. The maximum Gasteiger partial charge on any atom is 0.333 e. The molecule has 0 aromatic carbocycles. The van der Waals surface area contributed by atoms with Crippen LogP contribution in [0.25, 0.3) is 0 Å². The van der Waals surface area contributed by atoms with E-state index in [4.69, 9.17) is 9.47 Å². The fraction of sp³-hybridized carbons (Fsp3) is 0.250. The molecule has 0 aliphatic heterocycles. The summed E-state index contributed by atoms with van der Waals surface area (Å²) in [5.41, 5.74) is 0.